The van der Waals surface area contributed by atoms with Crippen molar-refractivity contribution >= 4 is 57.2 Å². The Morgan fingerprint density at radius 1 is 1.11 bits per heavy atom. The van der Waals surface area contributed by atoms with Crippen molar-refractivity contribution in [1.29, 1.82) is 0 Å². The minimum atomic E-state index is -0.495. The molecule has 3 aromatic rings. The first kappa shape index (κ1) is 19.4. The standard InChI is InChI=1S/C19H14Cl2N2O3S/c1-12(24)23(17-7-3-6-15(21)9-17)19-22-16(11-27-19)10-26-18(25)13-4-2-5-14(20)8-13/h2-9,11H,10H2,1H3. The van der Waals surface area contributed by atoms with E-state index in [1.54, 1.807) is 47.8 Å². The lowest BCUT2D eigenvalue weighted by molar-refractivity contribution is -0.115. The molecule has 0 unspecified atom stereocenters. The van der Waals surface area contributed by atoms with Gasteiger partial charge in [-0.15, -0.1) is 11.3 Å². The third-order valence-corrected chi connectivity index (χ3v) is 4.87. The molecule has 0 bridgehead atoms. The molecule has 1 heterocycles. The fourth-order valence-electron chi connectivity index (χ4n) is 2.35. The number of hydrogen-bond donors (Lipinski definition) is 0. The summed E-state index contributed by atoms with van der Waals surface area (Å²) in [5.41, 5.74) is 1.52. The first-order chi connectivity index (χ1) is 12.9. The molecule has 27 heavy (non-hydrogen) atoms. The van der Waals surface area contributed by atoms with Crippen LogP contribution in [0.4, 0.5) is 10.8 Å². The Bertz CT molecular complexity index is 990. The molecule has 5 nitrogen and oxygen atoms in total. The van der Waals surface area contributed by atoms with Crippen LogP contribution in [0.3, 0.4) is 0 Å². The molecule has 1 aromatic heterocycles. The summed E-state index contributed by atoms with van der Waals surface area (Å²) in [6.07, 6.45) is 0. The second-order valence-corrected chi connectivity index (χ2v) is 7.25. The van der Waals surface area contributed by atoms with E-state index < -0.39 is 5.97 Å². The summed E-state index contributed by atoms with van der Waals surface area (Å²) in [6, 6.07) is 13.5. The van der Waals surface area contributed by atoms with Crippen molar-refractivity contribution in [3.8, 4) is 0 Å². The zero-order valence-electron chi connectivity index (χ0n) is 14.2. The number of aromatic nitrogens is 1. The second kappa shape index (κ2) is 8.52. The van der Waals surface area contributed by atoms with Gasteiger partial charge in [0.15, 0.2) is 5.13 Å². The van der Waals surface area contributed by atoms with Crippen LogP contribution in [0.25, 0.3) is 0 Å². The number of ether oxygens (including phenoxy) is 1. The van der Waals surface area contributed by atoms with Gasteiger partial charge in [0.1, 0.15) is 6.61 Å². The fraction of sp³-hybridized carbons (Fsp3) is 0.105. The van der Waals surface area contributed by atoms with E-state index in [0.29, 0.717) is 32.1 Å². The Hall–Kier alpha value is -2.41. The zero-order chi connectivity index (χ0) is 19.4. The summed E-state index contributed by atoms with van der Waals surface area (Å²) in [7, 11) is 0. The SMILES string of the molecule is CC(=O)N(c1cccc(Cl)c1)c1nc(COC(=O)c2cccc(Cl)c2)cs1. The highest BCUT2D eigenvalue weighted by atomic mass is 35.5. The van der Waals surface area contributed by atoms with Gasteiger partial charge in [-0.25, -0.2) is 9.78 Å². The van der Waals surface area contributed by atoms with Gasteiger partial charge in [-0.3, -0.25) is 9.69 Å². The summed E-state index contributed by atoms with van der Waals surface area (Å²) in [4.78, 5) is 30.0. The average molecular weight is 421 g/mol. The molecule has 0 aliphatic heterocycles. The number of carbonyl (C=O) groups is 2. The summed E-state index contributed by atoms with van der Waals surface area (Å²) >= 11 is 13.2. The van der Waals surface area contributed by atoms with Crippen LogP contribution in [-0.4, -0.2) is 16.9 Å². The number of hydrogen-bond acceptors (Lipinski definition) is 5. The van der Waals surface area contributed by atoms with E-state index in [-0.39, 0.29) is 12.5 Å². The molecule has 0 N–H and O–H groups in total. The van der Waals surface area contributed by atoms with Crippen molar-refractivity contribution in [2.45, 2.75) is 13.5 Å². The van der Waals surface area contributed by atoms with Crippen LogP contribution in [0, 0.1) is 0 Å². The summed E-state index contributed by atoms with van der Waals surface area (Å²) < 4.78 is 5.27. The Kier molecular flexibility index (Phi) is 6.11. The fourth-order valence-corrected chi connectivity index (χ4v) is 3.59. The molecule has 0 saturated carbocycles. The van der Waals surface area contributed by atoms with Gasteiger partial charge in [0.25, 0.3) is 0 Å². The van der Waals surface area contributed by atoms with Gasteiger partial charge in [-0.2, -0.15) is 0 Å². The third-order valence-electron chi connectivity index (χ3n) is 3.52. The molecule has 0 fully saturated rings. The third kappa shape index (κ3) is 4.86. The van der Waals surface area contributed by atoms with E-state index in [1.807, 2.05) is 0 Å². The molecule has 0 atom stereocenters. The van der Waals surface area contributed by atoms with Crippen molar-refractivity contribution in [3.05, 3.63) is 75.2 Å². The van der Waals surface area contributed by atoms with Gasteiger partial charge in [-0.1, -0.05) is 35.3 Å². The van der Waals surface area contributed by atoms with E-state index in [9.17, 15) is 9.59 Å². The molecule has 0 saturated heterocycles. The molecule has 2 aromatic carbocycles. The summed E-state index contributed by atoms with van der Waals surface area (Å²) in [5.74, 6) is -0.695. The first-order valence-electron chi connectivity index (χ1n) is 7.87. The van der Waals surface area contributed by atoms with Gasteiger partial charge in [0.05, 0.1) is 16.9 Å². The zero-order valence-corrected chi connectivity index (χ0v) is 16.5. The van der Waals surface area contributed by atoms with Crippen molar-refractivity contribution in [2.24, 2.45) is 0 Å². The Balaban J connectivity index is 1.73. The van der Waals surface area contributed by atoms with Crippen LogP contribution in [0.2, 0.25) is 10.0 Å². The highest BCUT2D eigenvalue weighted by Gasteiger charge is 2.19. The molecule has 0 radical (unpaired) electrons. The predicted molar refractivity (Wildman–Crippen MR) is 107 cm³/mol. The van der Waals surface area contributed by atoms with E-state index in [1.165, 1.54) is 29.2 Å². The number of carbonyl (C=O) groups excluding carboxylic acids is 2. The molecule has 3 rings (SSSR count). The lowest BCUT2D eigenvalue weighted by Gasteiger charge is -2.18. The maximum Gasteiger partial charge on any atom is 0.338 e. The average Bonchev–Trinajstić information content (AvgIpc) is 3.08. The van der Waals surface area contributed by atoms with E-state index in [4.69, 9.17) is 27.9 Å². The monoisotopic (exact) mass is 420 g/mol. The van der Waals surface area contributed by atoms with E-state index in [0.717, 1.165) is 0 Å². The van der Waals surface area contributed by atoms with Crippen LogP contribution in [0.1, 0.15) is 23.0 Å². The van der Waals surface area contributed by atoms with Gasteiger partial charge < -0.3 is 4.74 Å². The number of amides is 1. The van der Waals surface area contributed by atoms with Crippen molar-refractivity contribution in [1.82, 2.24) is 4.98 Å². The number of benzene rings is 2. The molecular formula is C19H14Cl2N2O3S. The maximum absolute atomic E-state index is 12.1. The molecule has 138 valence electrons. The quantitative estimate of drug-likeness (QED) is 0.511. The lowest BCUT2D eigenvalue weighted by Crippen LogP contribution is -2.22. The Morgan fingerprint density at radius 2 is 1.81 bits per heavy atom. The Labute approximate surface area is 170 Å². The maximum atomic E-state index is 12.1. The van der Waals surface area contributed by atoms with Gasteiger partial charge in [0, 0.05) is 22.3 Å². The van der Waals surface area contributed by atoms with Crippen LogP contribution < -0.4 is 4.90 Å². The largest absolute Gasteiger partial charge is 0.456 e. The van der Waals surface area contributed by atoms with Gasteiger partial charge in [0.2, 0.25) is 5.91 Å². The number of thiazole rings is 1. The number of halogens is 2. The summed E-state index contributed by atoms with van der Waals surface area (Å²) in [5, 5.41) is 3.18. The lowest BCUT2D eigenvalue weighted by atomic mass is 10.2. The molecule has 8 heteroatoms. The number of esters is 1. The molecule has 0 spiro atoms. The summed E-state index contributed by atoms with van der Waals surface area (Å²) in [6.45, 7) is 1.43. The van der Waals surface area contributed by atoms with E-state index >= 15 is 0 Å². The van der Waals surface area contributed by atoms with Crippen LogP contribution >= 0.6 is 34.5 Å². The number of rotatable bonds is 5. The topological polar surface area (TPSA) is 59.5 Å². The molecule has 1 amide bonds. The first-order valence-corrected chi connectivity index (χ1v) is 9.51. The number of anilines is 2. The minimum Gasteiger partial charge on any atom is -0.456 e. The smallest absolute Gasteiger partial charge is 0.338 e. The van der Waals surface area contributed by atoms with Crippen LogP contribution in [-0.2, 0) is 16.1 Å². The van der Waals surface area contributed by atoms with Gasteiger partial charge in [-0.05, 0) is 36.4 Å². The van der Waals surface area contributed by atoms with Gasteiger partial charge >= 0.3 is 5.97 Å². The highest BCUT2D eigenvalue weighted by molar-refractivity contribution is 7.14. The minimum absolute atomic E-state index is 0.0108. The van der Waals surface area contributed by atoms with E-state index in [2.05, 4.69) is 4.98 Å². The number of nitrogens with zero attached hydrogens (tertiary/aromatic N) is 2. The molecular weight excluding hydrogens is 407 g/mol. The van der Waals surface area contributed by atoms with Crippen LogP contribution in [0.15, 0.2) is 53.9 Å². The van der Waals surface area contributed by atoms with Crippen molar-refractivity contribution < 1.29 is 14.3 Å². The molecule has 0 aliphatic carbocycles. The second-order valence-electron chi connectivity index (χ2n) is 5.54. The normalized spacial score (nSPS) is 10.5. The highest BCUT2D eigenvalue weighted by Crippen LogP contribution is 2.30. The van der Waals surface area contributed by atoms with Crippen molar-refractivity contribution in [2.75, 3.05) is 4.90 Å². The van der Waals surface area contributed by atoms with Crippen molar-refractivity contribution in [3.63, 3.8) is 0 Å². The Morgan fingerprint density at radius 3 is 2.48 bits per heavy atom. The molecule has 0 aliphatic rings. The van der Waals surface area contributed by atoms with Crippen LogP contribution in [0.5, 0.6) is 0 Å². The predicted octanol–water partition coefficient (Wildman–Crippen LogP) is 5.49.